The first-order valence-corrected chi connectivity index (χ1v) is 21.6. The van der Waals surface area contributed by atoms with E-state index < -0.39 is 0 Å². The molecule has 0 aromatic rings. The smallest absolute Gasteiger partial charge is 0.306 e. The molecule has 4 aliphatic rings. The first-order valence-electron chi connectivity index (χ1n) is 21.6. The monoisotopic (exact) mass is 653 g/mol. The quantitative estimate of drug-likeness (QED) is 0.0661. The van der Waals surface area contributed by atoms with Crippen molar-refractivity contribution in [1.82, 2.24) is 0 Å². The molecule has 0 aromatic carbocycles. The second-order valence-electron chi connectivity index (χ2n) is 18.3. The molecule has 3 saturated carbocycles. The van der Waals surface area contributed by atoms with Crippen LogP contribution in [0.5, 0.6) is 0 Å². The molecule has 47 heavy (non-hydrogen) atoms. The Morgan fingerprint density at radius 1 is 0.745 bits per heavy atom. The molecule has 0 aliphatic heterocycles. The van der Waals surface area contributed by atoms with Crippen LogP contribution in [-0.4, -0.2) is 12.1 Å². The van der Waals surface area contributed by atoms with Gasteiger partial charge < -0.3 is 4.74 Å². The maximum atomic E-state index is 12.8. The summed E-state index contributed by atoms with van der Waals surface area (Å²) in [6.07, 6.45) is 38.4. The van der Waals surface area contributed by atoms with Gasteiger partial charge in [-0.15, -0.1) is 0 Å². The van der Waals surface area contributed by atoms with Crippen LogP contribution in [0.1, 0.15) is 215 Å². The van der Waals surface area contributed by atoms with Crippen molar-refractivity contribution in [2.75, 3.05) is 0 Å². The highest BCUT2D eigenvalue weighted by atomic mass is 16.5. The second-order valence-corrected chi connectivity index (χ2v) is 18.3. The molecule has 272 valence electrons. The first kappa shape index (κ1) is 39.0. The van der Waals surface area contributed by atoms with Gasteiger partial charge in [-0.25, -0.2) is 0 Å². The number of esters is 1. The van der Waals surface area contributed by atoms with Crippen molar-refractivity contribution in [3.63, 3.8) is 0 Å². The Bertz CT molecular complexity index is 934. The van der Waals surface area contributed by atoms with E-state index in [2.05, 4.69) is 47.6 Å². The van der Waals surface area contributed by atoms with Crippen molar-refractivity contribution in [2.45, 2.75) is 221 Å². The highest BCUT2D eigenvalue weighted by Gasteiger charge is 2.59. The molecule has 0 bridgehead atoms. The van der Waals surface area contributed by atoms with Gasteiger partial charge in [0, 0.05) is 12.8 Å². The number of hydrogen-bond acceptors (Lipinski definition) is 2. The zero-order chi connectivity index (χ0) is 33.7. The predicted molar refractivity (Wildman–Crippen MR) is 202 cm³/mol. The summed E-state index contributed by atoms with van der Waals surface area (Å²) >= 11 is 0. The topological polar surface area (TPSA) is 26.3 Å². The molecule has 2 nitrogen and oxygen atoms in total. The third-order valence-corrected chi connectivity index (χ3v) is 14.5. The third-order valence-electron chi connectivity index (χ3n) is 14.5. The molecule has 0 aromatic heterocycles. The maximum Gasteiger partial charge on any atom is 0.306 e. The van der Waals surface area contributed by atoms with E-state index in [4.69, 9.17) is 4.74 Å². The Hall–Kier alpha value is -0.790. The largest absolute Gasteiger partial charge is 0.462 e. The average Bonchev–Trinajstić information content (AvgIpc) is 3.40. The number of unbranched alkanes of at least 4 members (excludes halogenated alkanes) is 14. The summed E-state index contributed by atoms with van der Waals surface area (Å²) < 4.78 is 6.13. The Balaban J connectivity index is 1.10. The summed E-state index contributed by atoms with van der Waals surface area (Å²) in [6, 6.07) is 0. The molecule has 8 atom stereocenters. The molecule has 6 unspecified atom stereocenters. The van der Waals surface area contributed by atoms with Crippen molar-refractivity contribution < 1.29 is 9.53 Å². The lowest BCUT2D eigenvalue weighted by molar-refractivity contribution is -0.151. The van der Waals surface area contributed by atoms with Crippen molar-refractivity contribution in [3.8, 4) is 0 Å². The fourth-order valence-electron chi connectivity index (χ4n) is 11.6. The summed E-state index contributed by atoms with van der Waals surface area (Å²) in [4.78, 5) is 12.8. The minimum Gasteiger partial charge on any atom is -0.462 e. The van der Waals surface area contributed by atoms with E-state index in [0.717, 1.165) is 54.8 Å². The average molecular weight is 653 g/mol. The molecule has 2 heteroatoms. The Kier molecular flexibility index (Phi) is 16.2. The molecule has 4 rings (SSSR count). The van der Waals surface area contributed by atoms with Crippen LogP contribution < -0.4 is 0 Å². The van der Waals surface area contributed by atoms with Crippen molar-refractivity contribution in [2.24, 2.45) is 46.3 Å². The van der Waals surface area contributed by atoms with E-state index in [-0.39, 0.29) is 12.1 Å². The van der Waals surface area contributed by atoms with Crippen molar-refractivity contribution >= 4 is 5.97 Å². The van der Waals surface area contributed by atoms with Gasteiger partial charge in [-0.3, -0.25) is 4.79 Å². The van der Waals surface area contributed by atoms with E-state index in [1.165, 1.54) is 148 Å². The number of rotatable bonds is 22. The van der Waals surface area contributed by atoms with Crippen LogP contribution in [0.15, 0.2) is 11.6 Å². The van der Waals surface area contributed by atoms with Crippen LogP contribution in [0.3, 0.4) is 0 Å². The second kappa shape index (κ2) is 19.6. The normalized spacial score (nSPS) is 32.4. The lowest BCUT2D eigenvalue weighted by Gasteiger charge is -2.58. The van der Waals surface area contributed by atoms with Crippen molar-refractivity contribution in [1.29, 1.82) is 0 Å². The van der Waals surface area contributed by atoms with Crippen LogP contribution >= 0.6 is 0 Å². The highest BCUT2D eigenvalue weighted by molar-refractivity contribution is 5.69. The number of allylic oxidation sites excluding steroid dienone is 1. The van der Waals surface area contributed by atoms with Crippen LogP contribution in [0.4, 0.5) is 0 Å². The zero-order valence-corrected chi connectivity index (χ0v) is 32.5. The summed E-state index contributed by atoms with van der Waals surface area (Å²) in [6.45, 7) is 15.0. The first-order chi connectivity index (χ1) is 22.7. The molecule has 0 radical (unpaired) electrons. The van der Waals surface area contributed by atoms with Gasteiger partial charge in [-0.2, -0.15) is 0 Å². The summed E-state index contributed by atoms with van der Waals surface area (Å²) in [5, 5.41) is 0. The standard InChI is InChI=1S/C45H80O2/c1-7-8-9-10-11-12-13-14-15-16-17-18-19-20-21-25-43(46)47-38-30-32-44(5)37(34-38)26-27-39-41-29-28-40(36(4)24-22-23-35(2)3)45(41,6)33-31-42(39)44/h26,35-36,38-42H,7-25,27-34H2,1-6H3/t36?,38?,39?,40?,41?,42?,44-,45+/m0/s1. The Morgan fingerprint density at radius 2 is 1.36 bits per heavy atom. The summed E-state index contributed by atoms with van der Waals surface area (Å²) in [5.41, 5.74) is 2.54. The van der Waals surface area contributed by atoms with E-state index in [1.807, 2.05) is 0 Å². The number of ether oxygens (including phenoxy) is 1. The number of hydrogen-bond donors (Lipinski definition) is 0. The molecule has 0 spiro atoms. The fraction of sp³-hybridized carbons (Fsp3) is 0.933. The molecule has 0 heterocycles. The van der Waals surface area contributed by atoms with Gasteiger partial charge in [-0.1, -0.05) is 162 Å². The van der Waals surface area contributed by atoms with Crippen LogP contribution in [-0.2, 0) is 9.53 Å². The SMILES string of the molecule is CCCCCCCCCCCCCCCCCC(=O)OC1CC[C@@]2(C)C(=CCC3C4CCC(C(C)CCCC(C)C)[C@@]4(C)CCC32)C1. The van der Waals surface area contributed by atoms with Gasteiger partial charge in [0.05, 0.1) is 0 Å². The third kappa shape index (κ3) is 10.8. The number of fused-ring (bicyclic) bond motifs is 5. The lowest BCUT2D eigenvalue weighted by atomic mass is 9.47. The fourth-order valence-corrected chi connectivity index (χ4v) is 11.6. The lowest BCUT2D eigenvalue weighted by Crippen LogP contribution is -2.51. The molecular weight excluding hydrogens is 572 g/mol. The van der Waals surface area contributed by atoms with E-state index in [0.29, 0.717) is 17.3 Å². The molecule has 3 fully saturated rings. The van der Waals surface area contributed by atoms with Gasteiger partial charge >= 0.3 is 5.97 Å². The van der Waals surface area contributed by atoms with Gasteiger partial charge in [0.2, 0.25) is 0 Å². The Morgan fingerprint density at radius 3 is 1.98 bits per heavy atom. The van der Waals surface area contributed by atoms with Gasteiger partial charge in [-0.05, 0) is 97.7 Å². The molecular formula is C45H80O2. The van der Waals surface area contributed by atoms with Gasteiger partial charge in [0.25, 0.3) is 0 Å². The Labute approximate surface area is 293 Å². The highest BCUT2D eigenvalue weighted by Crippen LogP contribution is 2.67. The summed E-state index contributed by atoms with van der Waals surface area (Å²) in [7, 11) is 0. The van der Waals surface area contributed by atoms with E-state index >= 15 is 0 Å². The molecule has 0 amide bonds. The van der Waals surface area contributed by atoms with E-state index in [1.54, 1.807) is 5.57 Å². The molecule has 4 aliphatic carbocycles. The summed E-state index contributed by atoms with van der Waals surface area (Å²) in [5.74, 6) is 5.34. The van der Waals surface area contributed by atoms with Gasteiger partial charge in [0.15, 0.2) is 0 Å². The molecule has 0 saturated heterocycles. The van der Waals surface area contributed by atoms with Crippen molar-refractivity contribution in [3.05, 3.63) is 11.6 Å². The van der Waals surface area contributed by atoms with Crippen LogP contribution in [0.2, 0.25) is 0 Å². The van der Waals surface area contributed by atoms with Crippen LogP contribution in [0.25, 0.3) is 0 Å². The number of carbonyl (C=O) groups is 1. The van der Waals surface area contributed by atoms with E-state index in [9.17, 15) is 4.79 Å². The minimum atomic E-state index is 0.0653. The van der Waals surface area contributed by atoms with Gasteiger partial charge in [0.1, 0.15) is 6.10 Å². The zero-order valence-electron chi connectivity index (χ0n) is 32.5. The van der Waals surface area contributed by atoms with Crippen LogP contribution in [0, 0.1) is 46.3 Å². The predicted octanol–water partition coefficient (Wildman–Crippen LogP) is 14.2. The molecule has 0 N–H and O–H groups in total. The number of carbonyl (C=O) groups excluding carboxylic acids is 1. The maximum absolute atomic E-state index is 12.8. The minimum absolute atomic E-state index is 0.0653.